The van der Waals surface area contributed by atoms with Gasteiger partial charge in [-0.05, 0) is 32.4 Å². The minimum absolute atomic E-state index is 0.0381. The summed E-state index contributed by atoms with van der Waals surface area (Å²) in [5.41, 5.74) is 1.05. The lowest BCUT2D eigenvalue weighted by atomic mass is 10.1. The predicted octanol–water partition coefficient (Wildman–Crippen LogP) is 3.12. The number of pyridine rings is 1. The van der Waals surface area contributed by atoms with E-state index in [1.807, 2.05) is 38.1 Å². The molecule has 0 aliphatic rings. The van der Waals surface area contributed by atoms with Gasteiger partial charge in [-0.25, -0.2) is 4.98 Å². The number of benzene rings is 1. The van der Waals surface area contributed by atoms with E-state index < -0.39 is 0 Å². The molecule has 0 bridgehead atoms. The van der Waals surface area contributed by atoms with E-state index in [4.69, 9.17) is 16.7 Å². The van der Waals surface area contributed by atoms with Crippen LogP contribution in [0.3, 0.4) is 0 Å². The van der Waals surface area contributed by atoms with Crippen LogP contribution in [0.2, 0.25) is 5.02 Å². The molecule has 1 aromatic heterocycles. The minimum atomic E-state index is -0.161. The molecule has 1 N–H and O–H groups in total. The van der Waals surface area contributed by atoms with E-state index in [1.54, 1.807) is 11.0 Å². The summed E-state index contributed by atoms with van der Waals surface area (Å²) < 4.78 is 0. The van der Waals surface area contributed by atoms with Gasteiger partial charge in [0.05, 0.1) is 10.5 Å². The summed E-state index contributed by atoms with van der Waals surface area (Å²) in [6, 6.07) is 9.12. The SMILES string of the molecule is CC(C)N(CCCO)C(=O)c1cc(Cl)c2ccccc2n1. The van der Waals surface area contributed by atoms with Crippen molar-refractivity contribution in [3.8, 4) is 0 Å². The maximum absolute atomic E-state index is 12.6. The second-order valence-electron chi connectivity index (χ2n) is 5.18. The zero-order valence-electron chi connectivity index (χ0n) is 12.2. The topological polar surface area (TPSA) is 53.4 Å². The number of aliphatic hydroxyl groups excluding tert-OH is 1. The Bertz CT molecular complexity index is 643. The van der Waals surface area contributed by atoms with Crippen molar-refractivity contribution in [1.82, 2.24) is 9.88 Å². The van der Waals surface area contributed by atoms with Crippen LogP contribution in [-0.4, -0.2) is 40.1 Å². The van der Waals surface area contributed by atoms with Gasteiger partial charge in [-0.3, -0.25) is 4.79 Å². The first-order valence-electron chi connectivity index (χ1n) is 7.01. The fourth-order valence-corrected chi connectivity index (χ4v) is 2.49. The van der Waals surface area contributed by atoms with Gasteiger partial charge in [0.2, 0.25) is 0 Å². The lowest BCUT2D eigenvalue weighted by Crippen LogP contribution is -2.38. The molecule has 0 aliphatic heterocycles. The van der Waals surface area contributed by atoms with Crippen LogP contribution in [0.25, 0.3) is 10.9 Å². The van der Waals surface area contributed by atoms with Gasteiger partial charge in [-0.2, -0.15) is 0 Å². The fraction of sp³-hybridized carbons (Fsp3) is 0.375. The average Bonchev–Trinajstić information content (AvgIpc) is 2.47. The third kappa shape index (κ3) is 3.52. The number of para-hydroxylation sites is 1. The first-order valence-corrected chi connectivity index (χ1v) is 7.39. The summed E-state index contributed by atoms with van der Waals surface area (Å²) >= 11 is 6.24. The summed E-state index contributed by atoms with van der Waals surface area (Å²) in [6.45, 7) is 4.44. The molecule has 112 valence electrons. The number of aromatic nitrogens is 1. The summed E-state index contributed by atoms with van der Waals surface area (Å²) in [7, 11) is 0. The van der Waals surface area contributed by atoms with Crippen LogP contribution in [0.4, 0.5) is 0 Å². The highest BCUT2D eigenvalue weighted by atomic mass is 35.5. The van der Waals surface area contributed by atoms with Crippen molar-refractivity contribution in [1.29, 1.82) is 0 Å². The van der Waals surface area contributed by atoms with Gasteiger partial charge >= 0.3 is 0 Å². The number of carbonyl (C=O) groups excluding carboxylic acids is 1. The van der Waals surface area contributed by atoms with Crippen LogP contribution < -0.4 is 0 Å². The second kappa shape index (κ2) is 6.87. The Labute approximate surface area is 129 Å². The highest BCUT2D eigenvalue weighted by Crippen LogP contribution is 2.23. The van der Waals surface area contributed by atoms with Gasteiger partial charge in [0.1, 0.15) is 5.69 Å². The van der Waals surface area contributed by atoms with E-state index in [0.29, 0.717) is 29.2 Å². The molecule has 0 atom stereocenters. The molecule has 0 fully saturated rings. The number of carbonyl (C=O) groups is 1. The second-order valence-corrected chi connectivity index (χ2v) is 5.58. The number of rotatable bonds is 5. The van der Waals surface area contributed by atoms with E-state index >= 15 is 0 Å². The standard InChI is InChI=1S/C16H19ClN2O2/c1-11(2)19(8-5-9-20)16(21)15-10-13(17)12-6-3-4-7-14(12)18-15/h3-4,6-7,10-11,20H,5,8-9H2,1-2H3. The van der Waals surface area contributed by atoms with E-state index in [2.05, 4.69) is 4.98 Å². The van der Waals surface area contributed by atoms with Crippen LogP contribution >= 0.6 is 11.6 Å². The molecule has 0 spiro atoms. The van der Waals surface area contributed by atoms with Gasteiger partial charge in [-0.1, -0.05) is 29.8 Å². The molecule has 1 aromatic carbocycles. The molecule has 5 heteroatoms. The summed E-state index contributed by atoms with van der Waals surface area (Å²) in [5, 5.41) is 10.3. The summed E-state index contributed by atoms with van der Waals surface area (Å²) in [4.78, 5) is 18.7. The van der Waals surface area contributed by atoms with Crippen molar-refractivity contribution in [2.75, 3.05) is 13.2 Å². The molecular formula is C16H19ClN2O2. The van der Waals surface area contributed by atoms with Crippen molar-refractivity contribution in [3.63, 3.8) is 0 Å². The first-order chi connectivity index (χ1) is 10.0. The molecule has 0 saturated heterocycles. The fourth-order valence-electron chi connectivity index (χ4n) is 2.22. The lowest BCUT2D eigenvalue weighted by molar-refractivity contribution is 0.0687. The quantitative estimate of drug-likeness (QED) is 0.923. The number of hydrogen-bond donors (Lipinski definition) is 1. The van der Waals surface area contributed by atoms with E-state index in [-0.39, 0.29) is 18.6 Å². The Balaban J connectivity index is 2.37. The monoisotopic (exact) mass is 306 g/mol. The van der Waals surface area contributed by atoms with Crippen LogP contribution in [0.5, 0.6) is 0 Å². The molecule has 0 radical (unpaired) electrons. The van der Waals surface area contributed by atoms with Crippen LogP contribution in [0, 0.1) is 0 Å². The van der Waals surface area contributed by atoms with Crippen molar-refractivity contribution in [3.05, 3.63) is 41.0 Å². The number of fused-ring (bicyclic) bond motifs is 1. The van der Waals surface area contributed by atoms with Gasteiger partial charge in [0, 0.05) is 24.6 Å². The Morgan fingerprint density at radius 1 is 1.38 bits per heavy atom. The smallest absolute Gasteiger partial charge is 0.272 e. The van der Waals surface area contributed by atoms with Crippen molar-refractivity contribution in [2.24, 2.45) is 0 Å². The van der Waals surface area contributed by atoms with Crippen LogP contribution in [0.15, 0.2) is 30.3 Å². The van der Waals surface area contributed by atoms with Gasteiger partial charge in [0.25, 0.3) is 5.91 Å². The molecule has 2 aromatic rings. The normalized spacial score (nSPS) is 11.1. The highest BCUT2D eigenvalue weighted by Gasteiger charge is 2.20. The van der Waals surface area contributed by atoms with Crippen LogP contribution in [0.1, 0.15) is 30.8 Å². The minimum Gasteiger partial charge on any atom is -0.396 e. The van der Waals surface area contributed by atoms with Gasteiger partial charge in [-0.15, -0.1) is 0 Å². The molecule has 0 unspecified atom stereocenters. The molecule has 2 rings (SSSR count). The summed E-state index contributed by atoms with van der Waals surface area (Å²) in [6.07, 6.45) is 0.547. The zero-order chi connectivity index (χ0) is 15.4. The molecule has 1 amide bonds. The Hall–Kier alpha value is -1.65. The molecule has 0 aliphatic carbocycles. The van der Waals surface area contributed by atoms with Crippen molar-refractivity contribution < 1.29 is 9.90 Å². The maximum Gasteiger partial charge on any atom is 0.272 e. The average molecular weight is 307 g/mol. The van der Waals surface area contributed by atoms with Crippen molar-refractivity contribution >= 4 is 28.4 Å². The predicted molar refractivity (Wildman–Crippen MR) is 84.6 cm³/mol. The highest BCUT2D eigenvalue weighted by molar-refractivity contribution is 6.35. The number of halogens is 1. The number of amides is 1. The van der Waals surface area contributed by atoms with Crippen LogP contribution in [-0.2, 0) is 0 Å². The molecule has 4 nitrogen and oxygen atoms in total. The zero-order valence-corrected chi connectivity index (χ0v) is 13.0. The molecule has 0 saturated carbocycles. The molecule has 21 heavy (non-hydrogen) atoms. The van der Waals surface area contributed by atoms with Gasteiger partial charge < -0.3 is 10.0 Å². The first kappa shape index (κ1) is 15.7. The number of hydrogen-bond acceptors (Lipinski definition) is 3. The Kier molecular flexibility index (Phi) is 5.15. The molecule has 1 heterocycles. The van der Waals surface area contributed by atoms with E-state index in [0.717, 1.165) is 5.39 Å². The maximum atomic E-state index is 12.6. The third-order valence-electron chi connectivity index (χ3n) is 3.33. The Morgan fingerprint density at radius 2 is 2.10 bits per heavy atom. The van der Waals surface area contributed by atoms with E-state index in [9.17, 15) is 4.79 Å². The third-order valence-corrected chi connectivity index (χ3v) is 3.64. The number of nitrogens with zero attached hydrogens (tertiary/aromatic N) is 2. The number of aliphatic hydroxyl groups is 1. The largest absolute Gasteiger partial charge is 0.396 e. The van der Waals surface area contributed by atoms with Gasteiger partial charge in [0.15, 0.2) is 0 Å². The van der Waals surface area contributed by atoms with Crippen molar-refractivity contribution in [2.45, 2.75) is 26.3 Å². The lowest BCUT2D eigenvalue weighted by Gasteiger charge is -2.26. The summed E-state index contributed by atoms with van der Waals surface area (Å²) in [5.74, 6) is -0.161. The van der Waals surface area contributed by atoms with E-state index in [1.165, 1.54) is 0 Å². The Morgan fingerprint density at radius 3 is 2.76 bits per heavy atom. The molecular weight excluding hydrogens is 288 g/mol.